The summed E-state index contributed by atoms with van der Waals surface area (Å²) in [5, 5.41) is 0. The minimum atomic E-state index is -0.767. The first-order valence-corrected chi connectivity index (χ1v) is 13.9. The van der Waals surface area contributed by atoms with Gasteiger partial charge in [0.05, 0.1) is 42.7 Å². The minimum absolute atomic E-state index is 0.193. The molecule has 0 saturated heterocycles. The van der Waals surface area contributed by atoms with Crippen molar-refractivity contribution < 1.29 is 23.7 Å². The molecule has 0 radical (unpaired) electrons. The summed E-state index contributed by atoms with van der Waals surface area (Å²) >= 11 is 1.26. The van der Waals surface area contributed by atoms with Gasteiger partial charge >= 0.3 is 5.97 Å². The molecule has 5 rings (SSSR count). The van der Waals surface area contributed by atoms with Crippen molar-refractivity contribution in [2.24, 2.45) is 4.99 Å². The molecule has 1 atom stereocenters. The highest BCUT2D eigenvalue weighted by Crippen LogP contribution is 2.36. The van der Waals surface area contributed by atoms with Crippen LogP contribution in [0.25, 0.3) is 6.08 Å². The number of benzene rings is 3. The van der Waals surface area contributed by atoms with Gasteiger partial charge in [0.25, 0.3) is 5.56 Å². The summed E-state index contributed by atoms with van der Waals surface area (Å²) in [7, 11) is 3.09. The highest BCUT2D eigenvalue weighted by molar-refractivity contribution is 7.07. The Morgan fingerprint density at radius 1 is 0.976 bits per heavy atom. The molecule has 1 aliphatic rings. The predicted octanol–water partition coefficient (Wildman–Crippen LogP) is 4.39. The molecular weight excluding hydrogens is 540 g/mol. The van der Waals surface area contributed by atoms with E-state index < -0.39 is 12.0 Å². The molecule has 4 aromatic rings. The molecule has 0 bridgehead atoms. The highest BCUT2D eigenvalue weighted by Gasteiger charge is 2.34. The molecule has 0 unspecified atom stereocenters. The summed E-state index contributed by atoms with van der Waals surface area (Å²) in [6.45, 7) is 4.09. The molecule has 9 heteroatoms. The van der Waals surface area contributed by atoms with E-state index in [-0.39, 0.29) is 12.2 Å². The summed E-state index contributed by atoms with van der Waals surface area (Å²) in [6, 6.07) is 22.0. The first-order chi connectivity index (χ1) is 19.9. The fourth-order valence-electron chi connectivity index (χ4n) is 4.74. The average Bonchev–Trinajstić information content (AvgIpc) is 3.30. The van der Waals surface area contributed by atoms with Crippen molar-refractivity contribution in [1.82, 2.24) is 4.57 Å². The van der Waals surface area contributed by atoms with Crippen molar-refractivity contribution >= 4 is 23.4 Å². The van der Waals surface area contributed by atoms with Crippen LogP contribution in [0.2, 0.25) is 0 Å². The van der Waals surface area contributed by atoms with Crippen molar-refractivity contribution in [3.8, 4) is 17.2 Å². The summed E-state index contributed by atoms with van der Waals surface area (Å²) in [5.41, 5.74) is 2.98. The topological polar surface area (TPSA) is 88.4 Å². The number of hydrogen-bond donors (Lipinski definition) is 0. The summed E-state index contributed by atoms with van der Waals surface area (Å²) in [4.78, 5) is 32.3. The van der Waals surface area contributed by atoms with Crippen LogP contribution in [-0.4, -0.2) is 31.4 Å². The van der Waals surface area contributed by atoms with Crippen LogP contribution in [-0.2, 0) is 16.1 Å². The SMILES string of the molecule is CCOC(=O)C1=C(C)N=c2s/c(=C\c3ccccc3OCc3ccccc3)c(=O)n2[C@@H]1c1ccc(OC)c(OC)c1. The summed E-state index contributed by atoms with van der Waals surface area (Å²) in [5.74, 6) is 1.15. The fraction of sp³-hybridized carbons (Fsp3) is 0.219. The van der Waals surface area contributed by atoms with Crippen LogP contribution in [0.1, 0.15) is 36.6 Å². The molecule has 41 heavy (non-hydrogen) atoms. The molecule has 0 amide bonds. The Morgan fingerprint density at radius 2 is 1.71 bits per heavy atom. The van der Waals surface area contributed by atoms with Crippen molar-refractivity contribution in [1.29, 1.82) is 0 Å². The molecule has 8 nitrogen and oxygen atoms in total. The third-order valence-electron chi connectivity index (χ3n) is 6.68. The molecule has 1 aliphatic heterocycles. The van der Waals surface area contributed by atoms with Gasteiger partial charge in [-0.1, -0.05) is 65.9 Å². The molecule has 0 spiro atoms. The number of allylic oxidation sites excluding steroid dienone is 1. The van der Waals surface area contributed by atoms with Gasteiger partial charge in [-0.2, -0.15) is 0 Å². The van der Waals surface area contributed by atoms with Gasteiger partial charge in [0.1, 0.15) is 12.4 Å². The van der Waals surface area contributed by atoms with E-state index in [1.165, 1.54) is 18.4 Å². The van der Waals surface area contributed by atoms with Crippen LogP contribution in [0, 0.1) is 0 Å². The number of thiazole rings is 1. The molecule has 0 saturated carbocycles. The van der Waals surface area contributed by atoms with E-state index in [0.717, 1.165) is 11.1 Å². The number of carbonyl (C=O) groups is 1. The number of fused-ring (bicyclic) bond motifs is 1. The molecule has 0 N–H and O–H groups in total. The summed E-state index contributed by atoms with van der Waals surface area (Å²) in [6.07, 6.45) is 1.80. The van der Waals surface area contributed by atoms with Gasteiger partial charge in [-0.05, 0) is 49.2 Å². The third-order valence-corrected chi connectivity index (χ3v) is 7.67. The van der Waals surface area contributed by atoms with Gasteiger partial charge in [-0.3, -0.25) is 9.36 Å². The largest absolute Gasteiger partial charge is 0.493 e. The standard InChI is InChI=1S/C32H30N2O6S/c1-5-39-31(36)28-20(2)33-32-34(29(28)23-15-16-25(37-3)26(17-23)38-4)30(35)27(41-32)18-22-13-9-10-14-24(22)40-19-21-11-7-6-8-12-21/h6-18,29H,5,19H2,1-4H3/b27-18-/t29-/m1/s1. The lowest BCUT2D eigenvalue weighted by atomic mass is 9.95. The van der Waals surface area contributed by atoms with Crippen LogP contribution in [0.4, 0.5) is 0 Å². The molecule has 2 heterocycles. The highest BCUT2D eigenvalue weighted by atomic mass is 32.1. The van der Waals surface area contributed by atoms with E-state index >= 15 is 0 Å². The Hall–Kier alpha value is -4.63. The Labute approximate surface area is 241 Å². The minimum Gasteiger partial charge on any atom is -0.493 e. The Bertz CT molecular complexity index is 1790. The maximum absolute atomic E-state index is 14.0. The number of hydrogen-bond acceptors (Lipinski definition) is 8. The van der Waals surface area contributed by atoms with E-state index in [4.69, 9.17) is 18.9 Å². The van der Waals surface area contributed by atoms with Gasteiger partial charge in [-0.25, -0.2) is 9.79 Å². The van der Waals surface area contributed by atoms with Gasteiger partial charge in [0.15, 0.2) is 16.3 Å². The second-order valence-corrected chi connectivity index (χ2v) is 10.2. The van der Waals surface area contributed by atoms with Crippen molar-refractivity contribution in [3.05, 3.63) is 120 Å². The van der Waals surface area contributed by atoms with Crippen molar-refractivity contribution in [3.63, 3.8) is 0 Å². The molecule has 210 valence electrons. The van der Waals surface area contributed by atoms with Crippen LogP contribution in [0.15, 0.2) is 93.9 Å². The number of para-hydroxylation sites is 1. The number of esters is 1. The van der Waals surface area contributed by atoms with E-state index in [9.17, 15) is 9.59 Å². The smallest absolute Gasteiger partial charge is 0.338 e. The Kier molecular flexibility index (Phi) is 8.35. The lowest BCUT2D eigenvalue weighted by molar-refractivity contribution is -0.139. The third kappa shape index (κ3) is 5.67. The van der Waals surface area contributed by atoms with Crippen LogP contribution < -0.4 is 29.1 Å². The average molecular weight is 571 g/mol. The zero-order valence-electron chi connectivity index (χ0n) is 23.2. The number of aromatic nitrogens is 1. The number of nitrogens with zero attached hydrogens (tertiary/aromatic N) is 2. The zero-order chi connectivity index (χ0) is 28.9. The molecule has 3 aromatic carbocycles. The normalized spacial score (nSPS) is 14.7. The van der Waals surface area contributed by atoms with E-state index in [0.29, 0.717) is 50.0 Å². The van der Waals surface area contributed by atoms with Gasteiger partial charge in [0.2, 0.25) is 0 Å². The van der Waals surface area contributed by atoms with Gasteiger partial charge < -0.3 is 18.9 Å². The fourth-order valence-corrected chi connectivity index (χ4v) is 5.78. The number of ether oxygens (including phenoxy) is 4. The summed E-state index contributed by atoms with van der Waals surface area (Å²) < 4.78 is 24.4. The molecular formula is C32H30N2O6S. The van der Waals surface area contributed by atoms with E-state index in [1.54, 1.807) is 43.7 Å². The Morgan fingerprint density at radius 3 is 2.44 bits per heavy atom. The van der Waals surface area contributed by atoms with Gasteiger partial charge in [0, 0.05) is 5.56 Å². The van der Waals surface area contributed by atoms with E-state index in [2.05, 4.69) is 4.99 Å². The predicted molar refractivity (Wildman–Crippen MR) is 157 cm³/mol. The zero-order valence-corrected chi connectivity index (χ0v) is 24.1. The maximum atomic E-state index is 14.0. The van der Waals surface area contributed by atoms with E-state index in [1.807, 2.05) is 60.7 Å². The second-order valence-electron chi connectivity index (χ2n) is 9.23. The Balaban J connectivity index is 1.63. The molecule has 1 aromatic heterocycles. The van der Waals surface area contributed by atoms with Crippen LogP contribution >= 0.6 is 11.3 Å². The maximum Gasteiger partial charge on any atom is 0.338 e. The van der Waals surface area contributed by atoms with Crippen LogP contribution in [0.5, 0.6) is 17.2 Å². The van der Waals surface area contributed by atoms with Crippen molar-refractivity contribution in [2.75, 3.05) is 20.8 Å². The quantitative estimate of drug-likeness (QED) is 0.277. The number of rotatable bonds is 9. The first-order valence-electron chi connectivity index (χ1n) is 13.1. The van der Waals surface area contributed by atoms with Crippen LogP contribution in [0.3, 0.4) is 0 Å². The lowest BCUT2D eigenvalue weighted by Crippen LogP contribution is -2.40. The number of carbonyl (C=O) groups excluding carboxylic acids is 1. The lowest BCUT2D eigenvalue weighted by Gasteiger charge is -2.25. The monoisotopic (exact) mass is 570 g/mol. The molecule has 0 fully saturated rings. The van der Waals surface area contributed by atoms with Crippen molar-refractivity contribution in [2.45, 2.75) is 26.5 Å². The second kappa shape index (κ2) is 12.3. The van der Waals surface area contributed by atoms with Gasteiger partial charge in [-0.15, -0.1) is 0 Å². The number of methoxy groups -OCH3 is 2. The molecule has 0 aliphatic carbocycles. The first kappa shape index (κ1) is 27.9.